The first kappa shape index (κ1) is 12.7. The molecule has 0 unspecified atom stereocenters. The van der Waals surface area contributed by atoms with Crippen molar-refractivity contribution in [2.75, 3.05) is 0 Å². The van der Waals surface area contributed by atoms with Crippen LogP contribution in [0.4, 0.5) is 0 Å². The molecular weight excluding hydrogens is 268 g/mol. The Balaban J connectivity index is 1.78. The van der Waals surface area contributed by atoms with E-state index >= 15 is 0 Å². The maximum atomic E-state index is 4.49. The summed E-state index contributed by atoms with van der Waals surface area (Å²) in [7, 11) is 0. The van der Waals surface area contributed by atoms with E-state index in [9.17, 15) is 0 Å². The van der Waals surface area contributed by atoms with Crippen molar-refractivity contribution in [3.63, 3.8) is 0 Å². The van der Waals surface area contributed by atoms with Crippen molar-refractivity contribution in [3.8, 4) is 11.1 Å². The second kappa shape index (κ2) is 5.41. The maximum absolute atomic E-state index is 4.49. The molecule has 0 amide bonds. The van der Waals surface area contributed by atoms with Gasteiger partial charge in [0.15, 0.2) is 0 Å². The fourth-order valence-corrected chi connectivity index (χ4v) is 2.79. The van der Waals surface area contributed by atoms with E-state index in [-0.39, 0.29) is 0 Å². The summed E-state index contributed by atoms with van der Waals surface area (Å²) in [6, 6.07) is 26.7. The van der Waals surface area contributed by atoms with Gasteiger partial charge in [0, 0.05) is 11.1 Å². The van der Waals surface area contributed by atoms with Gasteiger partial charge in [0.05, 0.1) is 6.21 Å². The van der Waals surface area contributed by atoms with Gasteiger partial charge < -0.3 is 0 Å². The molecule has 2 heteroatoms. The Kier molecular flexibility index (Phi) is 3.13. The van der Waals surface area contributed by atoms with E-state index in [1.165, 1.54) is 11.1 Å². The third kappa shape index (κ3) is 2.15. The van der Waals surface area contributed by atoms with E-state index in [0.29, 0.717) is 0 Å². The Morgan fingerprint density at radius 3 is 1.64 bits per heavy atom. The summed E-state index contributed by atoms with van der Waals surface area (Å²) < 4.78 is 0. The van der Waals surface area contributed by atoms with Crippen LogP contribution in [0.5, 0.6) is 0 Å². The molecule has 0 saturated heterocycles. The minimum absolute atomic E-state index is 0.943. The van der Waals surface area contributed by atoms with Crippen molar-refractivity contribution >= 4 is 11.9 Å². The Morgan fingerprint density at radius 1 is 0.545 bits per heavy atom. The van der Waals surface area contributed by atoms with Crippen molar-refractivity contribution in [2.24, 2.45) is 10.2 Å². The van der Waals surface area contributed by atoms with E-state index < -0.39 is 0 Å². The van der Waals surface area contributed by atoms with Crippen LogP contribution in [0.1, 0.15) is 16.7 Å². The van der Waals surface area contributed by atoms with Gasteiger partial charge in [-0.15, -0.1) is 5.10 Å². The highest BCUT2D eigenvalue weighted by Gasteiger charge is 2.23. The lowest BCUT2D eigenvalue weighted by Crippen LogP contribution is -1.97. The second-order valence-corrected chi connectivity index (χ2v) is 5.20. The highest BCUT2D eigenvalue weighted by molar-refractivity contribution is 6.24. The third-order valence-electron chi connectivity index (χ3n) is 3.82. The molecule has 0 N–H and O–H groups in total. The van der Waals surface area contributed by atoms with Gasteiger partial charge in [-0.1, -0.05) is 78.9 Å². The summed E-state index contributed by atoms with van der Waals surface area (Å²) in [5.74, 6) is 0. The lowest BCUT2D eigenvalue weighted by Gasteiger charge is -1.98. The van der Waals surface area contributed by atoms with Crippen LogP contribution in [-0.4, -0.2) is 11.9 Å². The summed E-state index contributed by atoms with van der Waals surface area (Å²) in [4.78, 5) is 0. The molecule has 0 aliphatic heterocycles. The van der Waals surface area contributed by atoms with Crippen molar-refractivity contribution in [1.29, 1.82) is 0 Å². The first-order valence-corrected chi connectivity index (χ1v) is 7.29. The van der Waals surface area contributed by atoms with Crippen LogP contribution in [0.15, 0.2) is 89.1 Å². The molecule has 104 valence electrons. The second-order valence-electron chi connectivity index (χ2n) is 5.20. The largest absolute Gasteiger partial charge is 0.158 e. The number of hydrogen-bond acceptors (Lipinski definition) is 2. The summed E-state index contributed by atoms with van der Waals surface area (Å²) in [5.41, 5.74) is 6.74. The molecule has 3 aromatic rings. The smallest absolute Gasteiger partial charge is 0.101 e. The number of benzene rings is 3. The molecule has 2 nitrogen and oxygen atoms in total. The van der Waals surface area contributed by atoms with Crippen LogP contribution in [0.3, 0.4) is 0 Å². The molecule has 1 aliphatic carbocycles. The number of rotatable bonds is 2. The van der Waals surface area contributed by atoms with Gasteiger partial charge in [-0.25, -0.2) is 0 Å². The van der Waals surface area contributed by atoms with E-state index in [1.54, 1.807) is 6.21 Å². The average Bonchev–Trinajstić information content (AvgIpc) is 2.91. The van der Waals surface area contributed by atoms with E-state index in [0.717, 1.165) is 22.4 Å². The van der Waals surface area contributed by atoms with Gasteiger partial charge in [-0.2, -0.15) is 5.10 Å². The summed E-state index contributed by atoms with van der Waals surface area (Å²) in [6.45, 7) is 0. The average molecular weight is 282 g/mol. The molecule has 0 fully saturated rings. The maximum Gasteiger partial charge on any atom is 0.101 e. The number of fused-ring (bicyclic) bond motifs is 3. The molecule has 1 aliphatic rings. The van der Waals surface area contributed by atoms with Crippen LogP contribution in [-0.2, 0) is 0 Å². The molecular formula is C20H14N2. The summed E-state index contributed by atoms with van der Waals surface area (Å²) in [6.07, 6.45) is 1.79. The number of hydrogen-bond donors (Lipinski definition) is 0. The van der Waals surface area contributed by atoms with Gasteiger partial charge in [-0.05, 0) is 16.7 Å². The zero-order valence-corrected chi connectivity index (χ0v) is 12.0. The molecule has 3 aromatic carbocycles. The van der Waals surface area contributed by atoms with Gasteiger partial charge in [0.1, 0.15) is 5.71 Å². The molecule has 0 atom stereocenters. The Bertz CT molecular complexity index is 829. The predicted molar refractivity (Wildman–Crippen MR) is 91.6 cm³/mol. The van der Waals surface area contributed by atoms with Crippen LogP contribution < -0.4 is 0 Å². The molecule has 0 heterocycles. The van der Waals surface area contributed by atoms with E-state index in [2.05, 4.69) is 46.6 Å². The fraction of sp³-hybridized carbons (Fsp3) is 0. The Labute approximate surface area is 129 Å². The molecule has 22 heavy (non-hydrogen) atoms. The third-order valence-corrected chi connectivity index (χ3v) is 3.82. The molecule has 0 saturated carbocycles. The minimum Gasteiger partial charge on any atom is -0.158 e. The van der Waals surface area contributed by atoms with Gasteiger partial charge >= 0.3 is 0 Å². The van der Waals surface area contributed by atoms with Crippen molar-refractivity contribution in [1.82, 2.24) is 0 Å². The van der Waals surface area contributed by atoms with E-state index in [1.807, 2.05) is 42.5 Å². The van der Waals surface area contributed by atoms with Gasteiger partial charge in [0.2, 0.25) is 0 Å². The first-order valence-electron chi connectivity index (χ1n) is 7.29. The van der Waals surface area contributed by atoms with Gasteiger partial charge in [-0.3, -0.25) is 0 Å². The zero-order chi connectivity index (χ0) is 14.8. The normalized spacial score (nSPS) is 12.3. The highest BCUT2D eigenvalue weighted by atomic mass is 15.2. The van der Waals surface area contributed by atoms with Crippen molar-refractivity contribution in [2.45, 2.75) is 0 Å². The summed E-state index contributed by atoms with van der Waals surface area (Å²) >= 11 is 0. The summed E-state index contributed by atoms with van der Waals surface area (Å²) in [5, 5.41) is 8.77. The quantitative estimate of drug-likeness (QED) is 0.381. The monoisotopic (exact) mass is 282 g/mol. The van der Waals surface area contributed by atoms with Crippen LogP contribution in [0.25, 0.3) is 11.1 Å². The topological polar surface area (TPSA) is 24.7 Å². The molecule has 0 spiro atoms. The minimum atomic E-state index is 0.943. The highest BCUT2D eigenvalue weighted by Crippen LogP contribution is 2.36. The first-order chi connectivity index (χ1) is 10.9. The zero-order valence-electron chi connectivity index (χ0n) is 12.0. The predicted octanol–water partition coefficient (Wildman–Crippen LogP) is 4.54. The number of nitrogens with zero attached hydrogens (tertiary/aromatic N) is 2. The van der Waals surface area contributed by atoms with Crippen LogP contribution in [0.2, 0.25) is 0 Å². The van der Waals surface area contributed by atoms with Gasteiger partial charge in [0.25, 0.3) is 0 Å². The SMILES string of the molecule is C(=N/N=C1c2ccccc2-c2ccccc21)/c1ccccc1. The van der Waals surface area contributed by atoms with Crippen molar-refractivity contribution < 1.29 is 0 Å². The standard InChI is InChI=1S/C20H14N2/c1-2-8-15(9-3-1)14-21-22-20-18-12-6-4-10-16(18)17-11-5-7-13-19(17)20/h1-14H/b21-14-. The Morgan fingerprint density at radius 2 is 1.05 bits per heavy atom. The molecule has 0 aromatic heterocycles. The lowest BCUT2D eigenvalue weighted by atomic mass is 10.1. The van der Waals surface area contributed by atoms with E-state index in [4.69, 9.17) is 0 Å². The van der Waals surface area contributed by atoms with Crippen LogP contribution >= 0.6 is 0 Å². The van der Waals surface area contributed by atoms with Crippen LogP contribution in [0, 0.1) is 0 Å². The molecule has 4 rings (SSSR count). The van der Waals surface area contributed by atoms with Crippen molar-refractivity contribution in [3.05, 3.63) is 95.6 Å². The fourth-order valence-electron chi connectivity index (χ4n) is 2.79. The lowest BCUT2D eigenvalue weighted by molar-refractivity contribution is 1.25. The molecule has 0 bridgehead atoms. The molecule has 0 radical (unpaired) electrons. The Hall–Kier alpha value is -3.00.